The Balaban J connectivity index is 2.24. The highest BCUT2D eigenvalue weighted by Gasteiger charge is 2.11. The summed E-state index contributed by atoms with van der Waals surface area (Å²) in [7, 11) is 0. The normalized spacial score (nSPS) is 10.2. The van der Waals surface area contributed by atoms with E-state index in [1.165, 1.54) is 12.1 Å². The van der Waals surface area contributed by atoms with Crippen LogP contribution < -0.4 is 5.32 Å². The molecule has 0 atom stereocenters. The first-order valence-corrected chi connectivity index (χ1v) is 6.34. The van der Waals surface area contributed by atoms with Crippen LogP contribution in [0.1, 0.15) is 11.1 Å². The van der Waals surface area contributed by atoms with Gasteiger partial charge in [-0.25, -0.2) is 8.78 Å². The van der Waals surface area contributed by atoms with Crippen LogP contribution in [0.4, 0.5) is 14.5 Å². The number of rotatable bonds is 3. The van der Waals surface area contributed by atoms with E-state index in [2.05, 4.69) is 5.32 Å². The van der Waals surface area contributed by atoms with Gasteiger partial charge in [0.05, 0.1) is 21.3 Å². The van der Waals surface area contributed by atoms with E-state index in [1.54, 1.807) is 12.1 Å². The molecule has 20 heavy (non-hydrogen) atoms. The molecule has 0 aromatic heterocycles. The van der Waals surface area contributed by atoms with Crippen LogP contribution in [0, 0.1) is 23.0 Å². The van der Waals surface area contributed by atoms with Crippen LogP contribution >= 0.6 is 23.2 Å². The lowest BCUT2D eigenvalue weighted by Gasteiger charge is -2.11. The summed E-state index contributed by atoms with van der Waals surface area (Å²) in [6.07, 6.45) is 0. The Labute approximate surface area is 124 Å². The summed E-state index contributed by atoms with van der Waals surface area (Å²) in [6, 6.07) is 8.48. The Morgan fingerprint density at radius 1 is 1.15 bits per heavy atom. The molecule has 0 heterocycles. The van der Waals surface area contributed by atoms with Crippen LogP contribution in [0.15, 0.2) is 30.3 Å². The molecule has 6 heteroatoms. The summed E-state index contributed by atoms with van der Waals surface area (Å²) < 4.78 is 26.9. The second kappa shape index (κ2) is 6.08. The highest BCUT2D eigenvalue weighted by atomic mass is 35.5. The van der Waals surface area contributed by atoms with Crippen molar-refractivity contribution < 1.29 is 8.78 Å². The van der Waals surface area contributed by atoms with Gasteiger partial charge >= 0.3 is 0 Å². The van der Waals surface area contributed by atoms with Crippen LogP contribution in [-0.2, 0) is 6.54 Å². The lowest BCUT2D eigenvalue weighted by atomic mass is 10.1. The zero-order valence-electron chi connectivity index (χ0n) is 10.1. The van der Waals surface area contributed by atoms with Crippen LogP contribution in [-0.4, -0.2) is 0 Å². The summed E-state index contributed by atoms with van der Waals surface area (Å²) in [4.78, 5) is 0. The van der Waals surface area contributed by atoms with Crippen LogP contribution in [0.3, 0.4) is 0 Å². The molecule has 2 rings (SSSR count). The molecule has 0 aliphatic carbocycles. The zero-order chi connectivity index (χ0) is 14.7. The first-order chi connectivity index (χ1) is 9.52. The average Bonchev–Trinajstić information content (AvgIpc) is 2.39. The van der Waals surface area contributed by atoms with Crippen molar-refractivity contribution in [3.63, 3.8) is 0 Å². The van der Waals surface area contributed by atoms with E-state index >= 15 is 0 Å². The van der Waals surface area contributed by atoms with E-state index in [0.717, 1.165) is 12.1 Å². The molecule has 0 aliphatic heterocycles. The summed E-state index contributed by atoms with van der Waals surface area (Å²) >= 11 is 11.7. The molecule has 0 saturated carbocycles. The van der Waals surface area contributed by atoms with Gasteiger partial charge in [0, 0.05) is 12.1 Å². The summed E-state index contributed by atoms with van der Waals surface area (Å²) in [6.45, 7) is 0.0758. The van der Waals surface area contributed by atoms with Crippen molar-refractivity contribution in [1.29, 1.82) is 5.26 Å². The minimum atomic E-state index is -0.600. The lowest BCUT2D eigenvalue weighted by Crippen LogP contribution is -2.04. The second-order valence-corrected chi connectivity index (χ2v) is 4.80. The standard InChI is InChI=1S/C14H8Cl2F2N2/c15-11-4-10(17)5-12(16)14(11)20-7-9-3-1-2-8(6-19)13(9)18/h1-5,20H,7H2. The van der Waals surface area contributed by atoms with Crippen molar-refractivity contribution in [3.05, 3.63) is 63.1 Å². The third kappa shape index (κ3) is 3.01. The topological polar surface area (TPSA) is 35.8 Å². The molecule has 0 aliphatic rings. The van der Waals surface area contributed by atoms with Crippen molar-refractivity contribution in [3.8, 4) is 6.07 Å². The molecule has 0 amide bonds. The largest absolute Gasteiger partial charge is 0.378 e. The van der Waals surface area contributed by atoms with E-state index < -0.39 is 11.6 Å². The SMILES string of the molecule is N#Cc1cccc(CNc2c(Cl)cc(F)cc2Cl)c1F. The van der Waals surface area contributed by atoms with Crippen molar-refractivity contribution in [2.24, 2.45) is 0 Å². The number of hydrogen-bond acceptors (Lipinski definition) is 2. The van der Waals surface area contributed by atoms with Crippen molar-refractivity contribution in [2.45, 2.75) is 6.54 Å². The van der Waals surface area contributed by atoms with Crippen molar-refractivity contribution >= 4 is 28.9 Å². The van der Waals surface area contributed by atoms with Gasteiger partial charge < -0.3 is 5.32 Å². The fourth-order valence-corrected chi connectivity index (χ4v) is 2.29. The molecule has 0 fully saturated rings. The molecule has 0 radical (unpaired) electrons. The van der Waals surface area contributed by atoms with Gasteiger partial charge in [0.1, 0.15) is 17.7 Å². The Kier molecular flexibility index (Phi) is 4.43. The number of nitrogens with one attached hydrogen (secondary N) is 1. The smallest absolute Gasteiger partial charge is 0.145 e. The quantitative estimate of drug-likeness (QED) is 0.887. The highest BCUT2D eigenvalue weighted by molar-refractivity contribution is 6.39. The van der Waals surface area contributed by atoms with E-state index in [0.29, 0.717) is 11.3 Å². The number of anilines is 1. The molecular formula is C14H8Cl2F2N2. The fourth-order valence-electron chi connectivity index (χ4n) is 1.70. The number of halogens is 4. The molecular weight excluding hydrogens is 305 g/mol. The van der Waals surface area contributed by atoms with Gasteiger partial charge in [-0.1, -0.05) is 35.3 Å². The van der Waals surface area contributed by atoms with Gasteiger partial charge in [-0.2, -0.15) is 5.26 Å². The first-order valence-electron chi connectivity index (χ1n) is 5.59. The van der Waals surface area contributed by atoms with Gasteiger partial charge in [0.15, 0.2) is 0 Å². The van der Waals surface area contributed by atoms with Gasteiger partial charge in [-0.05, 0) is 18.2 Å². The minimum absolute atomic E-state index is 0.0411. The molecule has 0 spiro atoms. The maximum Gasteiger partial charge on any atom is 0.145 e. The minimum Gasteiger partial charge on any atom is -0.378 e. The fraction of sp³-hybridized carbons (Fsp3) is 0.0714. The zero-order valence-corrected chi connectivity index (χ0v) is 11.6. The molecule has 2 nitrogen and oxygen atoms in total. The van der Waals surface area contributed by atoms with Gasteiger partial charge in [-0.3, -0.25) is 0 Å². The summed E-state index contributed by atoms with van der Waals surface area (Å²) in [5, 5.41) is 11.8. The van der Waals surface area contributed by atoms with Crippen molar-refractivity contribution in [1.82, 2.24) is 0 Å². The van der Waals surface area contributed by atoms with Crippen LogP contribution in [0.25, 0.3) is 0 Å². The number of nitrogens with zero attached hydrogens (tertiary/aromatic N) is 1. The molecule has 0 bridgehead atoms. The van der Waals surface area contributed by atoms with E-state index in [-0.39, 0.29) is 22.2 Å². The molecule has 2 aromatic rings. The average molecular weight is 313 g/mol. The third-order valence-electron chi connectivity index (χ3n) is 2.66. The Hall–Kier alpha value is -1.83. The molecule has 102 valence electrons. The number of hydrogen-bond donors (Lipinski definition) is 1. The van der Waals surface area contributed by atoms with E-state index in [9.17, 15) is 8.78 Å². The van der Waals surface area contributed by atoms with Crippen LogP contribution in [0.2, 0.25) is 10.0 Å². The van der Waals surface area contributed by atoms with Crippen molar-refractivity contribution in [2.75, 3.05) is 5.32 Å². The van der Waals surface area contributed by atoms with E-state index in [1.807, 2.05) is 0 Å². The first kappa shape index (κ1) is 14.6. The predicted molar refractivity (Wildman–Crippen MR) is 74.9 cm³/mol. The third-order valence-corrected chi connectivity index (χ3v) is 3.26. The van der Waals surface area contributed by atoms with Gasteiger partial charge in [-0.15, -0.1) is 0 Å². The number of benzene rings is 2. The molecule has 1 N–H and O–H groups in total. The second-order valence-electron chi connectivity index (χ2n) is 3.99. The molecule has 0 unspecified atom stereocenters. The van der Waals surface area contributed by atoms with Gasteiger partial charge in [0.25, 0.3) is 0 Å². The summed E-state index contributed by atoms with van der Waals surface area (Å²) in [5.74, 6) is -1.15. The summed E-state index contributed by atoms with van der Waals surface area (Å²) in [5.41, 5.74) is 0.567. The maximum absolute atomic E-state index is 13.9. The highest BCUT2D eigenvalue weighted by Crippen LogP contribution is 2.31. The lowest BCUT2D eigenvalue weighted by molar-refractivity contribution is 0.609. The Bertz CT molecular complexity index is 673. The predicted octanol–water partition coefficient (Wildman–Crippen LogP) is 4.76. The maximum atomic E-state index is 13.9. The molecule has 2 aromatic carbocycles. The van der Waals surface area contributed by atoms with Gasteiger partial charge in [0.2, 0.25) is 0 Å². The Morgan fingerprint density at radius 3 is 2.40 bits per heavy atom. The van der Waals surface area contributed by atoms with Crippen LogP contribution in [0.5, 0.6) is 0 Å². The Morgan fingerprint density at radius 2 is 1.80 bits per heavy atom. The number of nitriles is 1. The monoisotopic (exact) mass is 312 g/mol. The molecule has 0 saturated heterocycles. The van der Waals surface area contributed by atoms with E-state index in [4.69, 9.17) is 28.5 Å².